The van der Waals surface area contributed by atoms with Gasteiger partial charge in [0, 0.05) is 6.07 Å². The van der Waals surface area contributed by atoms with Crippen molar-refractivity contribution >= 4 is 0 Å². The van der Waals surface area contributed by atoms with E-state index in [4.69, 9.17) is 10.5 Å². The smallest absolute Gasteiger partial charge is 0.126 e. The lowest BCUT2D eigenvalue weighted by Crippen LogP contribution is -2.06. The third kappa shape index (κ3) is 3.03. The van der Waals surface area contributed by atoms with E-state index in [9.17, 15) is 4.39 Å². The predicted octanol–water partition coefficient (Wildman–Crippen LogP) is 1.86. The highest BCUT2D eigenvalue weighted by molar-refractivity contribution is 5.32. The summed E-state index contributed by atoms with van der Waals surface area (Å²) >= 11 is 0. The van der Waals surface area contributed by atoms with E-state index in [1.54, 1.807) is 6.07 Å². The van der Waals surface area contributed by atoms with Crippen LogP contribution >= 0.6 is 0 Å². The Balaban J connectivity index is 2.59. The molecule has 0 unspecified atom stereocenters. The minimum absolute atomic E-state index is 0.270. The minimum Gasteiger partial charge on any atom is -0.493 e. The van der Waals surface area contributed by atoms with Gasteiger partial charge in [0.25, 0.3) is 0 Å². The van der Waals surface area contributed by atoms with Crippen molar-refractivity contribution in [2.75, 3.05) is 13.2 Å². The first-order valence-electron chi connectivity index (χ1n) is 4.33. The van der Waals surface area contributed by atoms with E-state index in [0.29, 0.717) is 18.9 Å². The van der Waals surface area contributed by atoms with Crippen LogP contribution in [0, 0.1) is 12.7 Å². The molecule has 0 saturated carbocycles. The molecule has 1 aromatic rings. The predicted molar refractivity (Wildman–Crippen MR) is 50.3 cm³/mol. The van der Waals surface area contributed by atoms with Gasteiger partial charge in [0.1, 0.15) is 11.6 Å². The molecule has 2 nitrogen and oxygen atoms in total. The van der Waals surface area contributed by atoms with Crippen molar-refractivity contribution in [1.29, 1.82) is 0 Å². The van der Waals surface area contributed by atoms with Crippen molar-refractivity contribution < 1.29 is 9.13 Å². The third-order valence-electron chi connectivity index (χ3n) is 1.76. The molecule has 72 valence electrons. The van der Waals surface area contributed by atoms with Crippen LogP contribution in [-0.4, -0.2) is 13.2 Å². The third-order valence-corrected chi connectivity index (χ3v) is 1.76. The molecule has 0 amide bonds. The van der Waals surface area contributed by atoms with Crippen molar-refractivity contribution in [2.24, 2.45) is 5.73 Å². The lowest BCUT2D eigenvalue weighted by molar-refractivity contribution is 0.310. The first-order valence-corrected chi connectivity index (χ1v) is 4.33. The molecule has 0 fully saturated rings. The fourth-order valence-corrected chi connectivity index (χ4v) is 0.995. The van der Waals surface area contributed by atoms with Gasteiger partial charge in [0.05, 0.1) is 6.61 Å². The Kier molecular flexibility index (Phi) is 3.71. The van der Waals surface area contributed by atoms with Crippen molar-refractivity contribution in [1.82, 2.24) is 0 Å². The van der Waals surface area contributed by atoms with Crippen LogP contribution in [0.3, 0.4) is 0 Å². The van der Waals surface area contributed by atoms with Crippen molar-refractivity contribution in [3.05, 3.63) is 29.6 Å². The van der Waals surface area contributed by atoms with Crippen LogP contribution in [0.2, 0.25) is 0 Å². The van der Waals surface area contributed by atoms with E-state index in [1.807, 2.05) is 6.92 Å². The standard InChI is InChI=1S/C10H14FNO/c1-8-3-4-9(11)7-10(8)13-6-2-5-12/h3-4,7H,2,5-6,12H2,1H3. The first-order chi connectivity index (χ1) is 6.24. The number of hydrogen-bond donors (Lipinski definition) is 1. The average Bonchev–Trinajstić information content (AvgIpc) is 2.11. The summed E-state index contributed by atoms with van der Waals surface area (Å²) in [6.45, 7) is 3.02. The van der Waals surface area contributed by atoms with Gasteiger partial charge in [0.15, 0.2) is 0 Å². The van der Waals surface area contributed by atoms with E-state index in [1.165, 1.54) is 12.1 Å². The summed E-state index contributed by atoms with van der Waals surface area (Å²) in [4.78, 5) is 0. The Morgan fingerprint density at radius 2 is 2.23 bits per heavy atom. The fraction of sp³-hybridized carbons (Fsp3) is 0.400. The molecule has 0 atom stereocenters. The second kappa shape index (κ2) is 4.82. The summed E-state index contributed by atoms with van der Waals surface area (Å²) < 4.78 is 18.1. The summed E-state index contributed by atoms with van der Waals surface area (Å²) in [5.41, 5.74) is 6.25. The molecule has 1 aromatic carbocycles. The normalized spacial score (nSPS) is 10.1. The van der Waals surface area contributed by atoms with Gasteiger partial charge in [-0.2, -0.15) is 0 Å². The SMILES string of the molecule is Cc1ccc(F)cc1OCCCN. The highest BCUT2D eigenvalue weighted by Gasteiger charge is 2.00. The molecule has 0 radical (unpaired) electrons. The Labute approximate surface area is 77.5 Å². The molecular weight excluding hydrogens is 169 g/mol. The van der Waals surface area contributed by atoms with Gasteiger partial charge < -0.3 is 10.5 Å². The van der Waals surface area contributed by atoms with Crippen molar-refractivity contribution in [3.8, 4) is 5.75 Å². The van der Waals surface area contributed by atoms with Crippen LogP contribution in [-0.2, 0) is 0 Å². The van der Waals surface area contributed by atoms with Crippen LogP contribution in [0.4, 0.5) is 4.39 Å². The second-order valence-corrected chi connectivity index (χ2v) is 2.90. The summed E-state index contributed by atoms with van der Waals surface area (Å²) in [7, 11) is 0. The summed E-state index contributed by atoms with van der Waals surface area (Å²) in [5, 5.41) is 0. The van der Waals surface area contributed by atoms with Gasteiger partial charge in [-0.25, -0.2) is 4.39 Å². The molecule has 0 aliphatic carbocycles. The number of benzene rings is 1. The maximum atomic E-state index is 12.8. The number of nitrogens with two attached hydrogens (primary N) is 1. The Hall–Kier alpha value is -1.09. The number of rotatable bonds is 4. The molecule has 0 bridgehead atoms. The van der Waals surface area contributed by atoms with Crippen molar-refractivity contribution in [3.63, 3.8) is 0 Å². The highest BCUT2D eigenvalue weighted by Crippen LogP contribution is 2.18. The molecule has 0 aliphatic heterocycles. The fourth-order valence-electron chi connectivity index (χ4n) is 0.995. The molecule has 0 aliphatic rings. The van der Waals surface area contributed by atoms with Gasteiger partial charge in [-0.05, 0) is 31.5 Å². The average molecular weight is 183 g/mol. The highest BCUT2D eigenvalue weighted by atomic mass is 19.1. The zero-order chi connectivity index (χ0) is 9.68. The molecule has 13 heavy (non-hydrogen) atoms. The summed E-state index contributed by atoms with van der Waals surface area (Å²) in [6, 6.07) is 4.52. The molecule has 0 aromatic heterocycles. The van der Waals surface area contributed by atoms with Crippen molar-refractivity contribution in [2.45, 2.75) is 13.3 Å². The van der Waals surface area contributed by atoms with Crippen LogP contribution in [0.1, 0.15) is 12.0 Å². The van der Waals surface area contributed by atoms with Gasteiger partial charge in [0.2, 0.25) is 0 Å². The Morgan fingerprint density at radius 3 is 2.92 bits per heavy atom. The number of aryl methyl sites for hydroxylation is 1. The molecule has 0 spiro atoms. The monoisotopic (exact) mass is 183 g/mol. The lowest BCUT2D eigenvalue weighted by atomic mass is 10.2. The quantitative estimate of drug-likeness (QED) is 0.723. The Morgan fingerprint density at radius 1 is 1.46 bits per heavy atom. The van der Waals surface area contributed by atoms with E-state index in [2.05, 4.69) is 0 Å². The zero-order valence-electron chi connectivity index (χ0n) is 7.72. The Bertz CT molecular complexity index is 276. The largest absolute Gasteiger partial charge is 0.493 e. The minimum atomic E-state index is -0.270. The zero-order valence-corrected chi connectivity index (χ0v) is 7.72. The van der Waals surface area contributed by atoms with Crippen LogP contribution in [0.25, 0.3) is 0 Å². The number of halogens is 1. The summed E-state index contributed by atoms with van der Waals surface area (Å²) in [6.07, 6.45) is 0.788. The lowest BCUT2D eigenvalue weighted by Gasteiger charge is -2.07. The maximum Gasteiger partial charge on any atom is 0.126 e. The van der Waals surface area contributed by atoms with E-state index in [0.717, 1.165) is 12.0 Å². The first kappa shape index (κ1) is 9.99. The number of hydrogen-bond acceptors (Lipinski definition) is 2. The molecule has 1 rings (SSSR count). The molecule has 2 N–H and O–H groups in total. The molecule has 0 heterocycles. The molecular formula is C10H14FNO. The van der Waals surface area contributed by atoms with Gasteiger partial charge in [-0.15, -0.1) is 0 Å². The van der Waals surface area contributed by atoms with Crippen LogP contribution < -0.4 is 10.5 Å². The van der Waals surface area contributed by atoms with Crippen LogP contribution in [0.5, 0.6) is 5.75 Å². The topological polar surface area (TPSA) is 35.2 Å². The maximum absolute atomic E-state index is 12.8. The molecule has 3 heteroatoms. The number of ether oxygens (including phenoxy) is 1. The molecule has 0 saturated heterocycles. The second-order valence-electron chi connectivity index (χ2n) is 2.90. The van der Waals surface area contributed by atoms with Gasteiger partial charge >= 0.3 is 0 Å². The van der Waals surface area contributed by atoms with Gasteiger partial charge in [-0.1, -0.05) is 6.07 Å². The van der Waals surface area contributed by atoms with Crippen LogP contribution in [0.15, 0.2) is 18.2 Å². The summed E-state index contributed by atoms with van der Waals surface area (Å²) in [5.74, 6) is 0.335. The van der Waals surface area contributed by atoms with E-state index < -0.39 is 0 Å². The van der Waals surface area contributed by atoms with E-state index in [-0.39, 0.29) is 5.82 Å². The van der Waals surface area contributed by atoms with E-state index >= 15 is 0 Å². The van der Waals surface area contributed by atoms with Gasteiger partial charge in [-0.3, -0.25) is 0 Å².